The second-order valence-corrected chi connectivity index (χ2v) is 6.37. The summed E-state index contributed by atoms with van der Waals surface area (Å²) in [5, 5.41) is 12.1. The Hall–Kier alpha value is -1.85. The van der Waals surface area contributed by atoms with Crippen molar-refractivity contribution in [3.05, 3.63) is 12.3 Å². The van der Waals surface area contributed by atoms with Gasteiger partial charge in [-0.1, -0.05) is 46.5 Å². The lowest BCUT2D eigenvalue weighted by molar-refractivity contribution is -0.126. The van der Waals surface area contributed by atoms with Gasteiger partial charge in [-0.15, -0.1) is 0 Å². The summed E-state index contributed by atoms with van der Waals surface area (Å²) in [6, 6.07) is 1.17. The Balaban J connectivity index is 2.43. The molecule has 0 fully saturated rings. The number of hydrogen-bond acceptors (Lipinski definition) is 3. The van der Waals surface area contributed by atoms with Gasteiger partial charge >= 0.3 is 0 Å². The third-order valence-corrected chi connectivity index (χ3v) is 3.62. The van der Waals surface area contributed by atoms with Gasteiger partial charge in [-0.3, -0.25) is 14.7 Å². The molecule has 23 heavy (non-hydrogen) atoms. The van der Waals surface area contributed by atoms with Gasteiger partial charge in [0.05, 0.1) is 6.20 Å². The Morgan fingerprint density at radius 3 is 2.57 bits per heavy atom. The average Bonchev–Trinajstić information content (AvgIpc) is 2.98. The van der Waals surface area contributed by atoms with Crippen LogP contribution in [-0.4, -0.2) is 28.1 Å². The van der Waals surface area contributed by atoms with Crippen LogP contribution in [0.1, 0.15) is 65.7 Å². The van der Waals surface area contributed by atoms with Crippen molar-refractivity contribution in [2.45, 2.75) is 71.8 Å². The highest BCUT2D eigenvalue weighted by atomic mass is 16.2. The van der Waals surface area contributed by atoms with Crippen molar-refractivity contribution in [3.63, 3.8) is 0 Å². The lowest BCUT2D eigenvalue weighted by atomic mass is 10.0. The first-order valence-corrected chi connectivity index (χ1v) is 8.62. The fraction of sp³-hybridized carbons (Fsp3) is 0.706. The molecule has 3 N–H and O–H groups in total. The van der Waals surface area contributed by atoms with Gasteiger partial charge in [0.2, 0.25) is 11.8 Å². The highest BCUT2D eigenvalue weighted by Crippen LogP contribution is 2.10. The summed E-state index contributed by atoms with van der Waals surface area (Å²) in [5.74, 6) is 0.601. The van der Waals surface area contributed by atoms with E-state index < -0.39 is 6.04 Å². The quantitative estimate of drug-likeness (QED) is 0.547. The molecular formula is C17H30N4O2. The Kier molecular flexibility index (Phi) is 9.02. The van der Waals surface area contributed by atoms with E-state index in [1.807, 2.05) is 13.8 Å². The zero-order chi connectivity index (χ0) is 17.1. The molecule has 1 unspecified atom stereocenters. The fourth-order valence-corrected chi connectivity index (χ4v) is 2.40. The number of nitrogens with zero attached hydrogens (tertiary/aromatic N) is 1. The molecule has 6 nitrogen and oxygen atoms in total. The highest BCUT2D eigenvalue weighted by molar-refractivity contribution is 5.96. The maximum atomic E-state index is 12.3. The van der Waals surface area contributed by atoms with Crippen molar-refractivity contribution >= 4 is 17.6 Å². The Morgan fingerprint density at radius 2 is 1.96 bits per heavy atom. The smallest absolute Gasteiger partial charge is 0.248 e. The molecule has 0 aliphatic rings. The van der Waals surface area contributed by atoms with Crippen molar-refractivity contribution in [2.24, 2.45) is 5.92 Å². The van der Waals surface area contributed by atoms with Crippen LogP contribution < -0.4 is 10.6 Å². The summed E-state index contributed by atoms with van der Waals surface area (Å²) >= 11 is 0. The van der Waals surface area contributed by atoms with E-state index in [9.17, 15) is 9.59 Å². The molecule has 1 aromatic heterocycles. The van der Waals surface area contributed by atoms with Crippen molar-refractivity contribution in [2.75, 3.05) is 5.32 Å². The van der Waals surface area contributed by atoms with Gasteiger partial charge in [0.15, 0.2) is 0 Å². The van der Waals surface area contributed by atoms with Crippen LogP contribution in [0.3, 0.4) is 0 Å². The van der Waals surface area contributed by atoms with Crippen molar-refractivity contribution in [1.29, 1.82) is 0 Å². The van der Waals surface area contributed by atoms with E-state index in [-0.39, 0.29) is 11.8 Å². The maximum Gasteiger partial charge on any atom is 0.248 e. The summed E-state index contributed by atoms with van der Waals surface area (Å²) in [5.41, 5.74) is 0. The van der Waals surface area contributed by atoms with Crippen LogP contribution in [0.2, 0.25) is 0 Å². The molecule has 0 saturated carbocycles. The number of H-pyrrole nitrogens is 1. The van der Waals surface area contributed by atoms with Gasteiger partial charge in [-0.05, 0) is 18.8 Å². The molecule has 0 aliphatic carbocycles. The number of carbonyl (C=O) groups excluding carboxylic acids is 2. The van der Waals surface area contributed by atoms with Crippen LogP contribution in [0.15, 0.2) is 12.3 Å². The molecule has 2 amide bonds. The third-order valence-electron chi connectivity index (χ3n) is 3.62. The number of unbranched alkanes of at least 4 members (excludes halogenated alkanes) is 4. The molecule has 1 atom stereocenters. The largest absolute Gasteiger partial charge is 0.344 e. The summed E-state index contributed by atoms with van der Waals surface area (Å²) in [6.45, 7) is 6.24. The SMILES string of the molecule is CCCCCCCC(=O)NC(CC(C)C)C(=O)Nc1ccn[nH]1. The molecule has 0 radical (unpaired) electrons. The van der Waals surface area contributed by atoms with E-state index in [4.69, 9.17) is 0 Å². The average molecular weight is 322 g/mol. The van der Waals surface area contributed by atoms with Gasteiger partial charge in [0.25, 0.3) is 0 Å². The molecule has 0 saturated heterocycles. The number of anilines is 1. The standard InChI is InChI=1S/C17H30N4O2/c1-4-5-6-7-8-9-16(22)19-14(12-13(2)3)17(23)20-15-10-11-18-21-15/h10-11,13-14H,4-9,12H2,1-3H3,(H,19,22)(H2,18,20,21,23). The second-order valence-electron chi connectivity index (χ2n) is 6.37. The minimum atomic E-state index is -0.513. The van der Waals surface area contributed by atoms with E-state index in [0.717, 1.165) is 12.8 Å². The Labute approximate surface area is 138 Å². The lowest BCUT2D eigenvalue weighted by Crippen LogP contribution is -2.44. The van der Waals surface area contributed by atoms with Gasteiger partial charge in [0, 0.05) is 12.5 Å². The zero-order valence-electron chi connectivity index (χ0n) is 14.5. The van der Waals surface area contributed by atoms with Crippen LogP contribution in [0, 0.1) is 5.92 Å². The number of aromatic nitrogens is 2. The van der Waals surface area contributed by atoms with E-state index in [2.05, 4.69) is 27.8 Å². The van der Waals surface area contributed by atoms with Crippen molar-refractivity contribution in [1.82, 2.24) is 15.5 Å². The van der Waals surface area contributed by atoms with E-state index >= 15 is 0 Å². The molecule has 0 spiro atoms. The van der Waals surface area contributed by atoms with E-state index in [1.165, 1.54) is 19.3 Å². The van der Waals surface area contributed by atoms with Crippen LogP contribution in [-0.2, 0) is 9.59 Å². The summed E-state index contributed by atoms with van der Waals surface area (Å²) in [4.78, 5) is 24.4. The monoisotopic (exact) mass is 322 g/mol. The Bertz CT molecular complexity index is 457. The second kappa shape index (κ2) is 10.8. The van der Waals surface area contributed by atoms with Gasteiger partial charge in [-0.25, -0.2) is 0 Å². The first-order chi connectivity index (χ1) is 11.0. The zero-order valence-corrected chi connectivity index (χ0v) is 14.5. The number of rotatable bonds is 11. The number of carbonyl (C=O) groups is 2. The molecule has 1 aromatic rings. The van der Waals surface area contributed by atoms with Crippen LogP contribution in [0.25, 0.3) is 0 Å². The molecule has 1 heterocycles. The number of amides is 2. The Morgan fingerprint density at radius 1 is 1.22 bits per heavy atom. The fourth-order valence-electron chi connectivity index (χ4n) is 2.40. The molecular weight excluding hydrogens is 292 g/mol. The molecule has 1 rings (SSSR count). The molecule has 6 heteroatoms. The first kappa shape index (κ1) is 19.2. The maximum absolute atomic E-state index is 12.3. The molecule has 0 aliphatic heterocycles. The highest BCUT2D eigenvalue weighted by Gasteiger charge is 2.22. The predicted molar refractivity (Wildman–Crippen MR) is 92.0 cm³/mol. The summed E-state index contributed by atoms with van der Waals surface area (Å²) < 4.78 is 0. The minimum absolute atomic E-state index is 0.0492. The molecule has 130 valence electrons. The van der Waals surface area contributed by atoms with Crippen LogP contribution >= 0.6 is 0 Å². The normalized spacial score (nSPS) is 12.2. The van der Waals surface area contributed by atoms with Gasteiger partial charge < -0.3 is 10.6 Å². The number of hydrogen-bond donors (Lipinski definition) is 3. The van der Waals surface area contributed by atoms with E-state index in [0.29, 0.717) is 24.6 Å². The van der Waals surface area contributed by atoms with Crippen LogP contribution in [0.4, 0.5) is 5.82 Å². The molecule has 0 aromatic carbocycles. The molecule has 0 bridgehead atoms. The lowest BCUT2D eigenvalue weighted by Gasteiger charge is -2.19. The van der Waals surface area contributed by atoms with Crippen molar-refractivity contribution < 1.29 is 9.59 Å². The predicted octanol–water partition coefficient (Wildman–Crippen LogP) is 3.24. The minimum Gasteiger partial charge on any atom is -0.344 e. The number of aromatic amines is 1. The third kappa shape index (κ3) is 8.38. The van der Waals surface area contributed by atoms with Crippen LogP contribution in [0.5, 0.6) is 0 Å². The van der Waals surface area contributed by atoms with Gasteiger partial charge in [-0.2, -0.15) is 5.10 Å². The van der Waals surface area contributed by atoms with E-state index in [1.54, 1.807) is 12.3 Å². The first-order valence-electron chi connectivity index (χ1n) is 8.62. The van der Waals surface area contributed by atoms with Crippen molar-refractivity contribution in [3.8, 4) is 0 Å². The topological polar surface area (TPSA) is 86.9 Å². The summed E-state index contributed by atoms with van der Waals surface area (Å²) in [7, 11) is 0. The summed E-state index contributed by atoms with van der Waals surface area (Å²) in [6.07, 6.45) is 8.18. The van der Waals surface area contributed by atoms with Gasteiger partial charge in [0.1, 0.15) is 11.9 Å². The number of nitrogens with one attached hydrogen (secondary N) is 3.